The number of hydrogen-bond acceptors (Lipinski definition) is 4. The molecule has 2 rings (SSSR count). The minimum atomic E-state index is -3.59. The Morgan fingerprint density at radius 1 is 1.19 bits per heavy atom. The number of benzene rings is 1. The Morgan fingerprint density at radius 2 is 1.86 bits per heavy atom. The fourth-order valence-corrected chi connectivity index (χ4v) is 3.72. The zero-order valence-corrected chi connectivity index (χ0v) is 13.0. The number of thiophene rings is 1. The lowest BCUT2D eigenvalue weighted by atomic mass is 10.2. The smallest absolute Gasteiger partial charge is 0.307 e. The molecule has 0 atom stereocenters. The molecule has 5 nitrogen and oxygen atoms in total. The molecule has 0 aliphatic rings. The normalized spacial score (nSPS) is 11.5. The first kappa shape index (κ1) is 15.7. The standard InChI is InChI=1S/C14H15NO4S2/c1-10-2-5-12(20-10)9-15-21(18,19)13-6-3-11(4-7-13)8-14(16)17/h2-7,15H,8-9H2,1H3,(H,16,17). The van der Waals surface area contributed by atoms with Gasteiger partial charge in [0.1, 0.15) is 0 Å². The van der Waals surface area contributed by atoms with Gasteiger partial charge in [-0.2, -0.15) is 0 Å². The van der Waals surface area contributed by atoms with Crippen molar-refractivity contribution in [1.29, 1.82) is 0 Å². The van der Waals surface area contributed by atoms with Gasteiger partial charge in [-0.15, -0.1) is 11.3 Å². The van der Waals surface area contributed by atoms with E-state index in [1.165, 1.54) is 24.3 Å². The van der Waals surface area contributed by atoms with Crippen LogP contribution in [0.2, 0.25) is 0 Å². The molecule has 0 spiro atoms. The van der Waals surface area contributed by atoms with E-state index in [1.54, 1.807) is 11.3 Å². The summed E-state index contributed by atoms with van der Waals surface area (Å²) in [5.74, 6) is -0.947. The van der Waals surface area contributed by atoms with Crippen LogP contribution in [0.1, 0.15) is 15.3 Å². The van der Waals surface area contributed by atoms with E-state index in [1.807, 2.05) is 19.1 Å². The maximum absolute atomic E-state index is 12.1. The molecule has 112 valence electrons. The molecule has 0 bridgehead atoms. The van der Waals surface area contributed by atoms with Gasteiger partial charge in [-0.1, -0.05) is 12.1 Å². The zero-order chi connectivity index (χ0) is 15.5. The second-order valence-corrected chi connectivity index (χ2v) is 7.69. The summed E-state index contributed by atoms with van der Waals surface area (Å²) in [5.41, 5.74) is 0.565. The molecular weight excluding hydrogens is 310 g/mol. The molecule has 21 heavy (non-hydrogen) atoms. The average molecular weight is 325 g/mol. The molecule has 0 saturated carbocycles. The van der Waals surface area contributed by atoms with E-state index < -0.39 is 16.0 Å². The largest absolute Gasteiger partial charge is 0.481 e. The van der Waals surface area contributed by atoms with E-state index in [4.69, 9.17) is 5.11 Å². The second-order valence-electron chi connectivity index (χ2n) is 4.55. The lowest BCUT2D eigenvalue weighted by Crippen LogP contribution is -2.22. The lowest BCUT2D eigenvalue weighted by molar-refractivity contribution is -0.136. The maximum atomic E-state index is 12.1. The van der Waals surface area contributed by atoms with Crippen LogP contribution < -0.4 is 4.72 Å². The SMILES string of the molecule is Cc1ccc(CNS(=O)(=O)c2ccc(CC(=O)O)cc2)s1. The predicted molar refractivity (Wildman–Crippen MR) is 80.9 cm³/mol. The molecule has 0 unspecified atom stereocenters. The number of carboxylic acid groups (broad SMARTS) is 1. The Hall–Kier alpha value is -1.70. The van der Waals surface area contributed by atoms with E-state index in [2.05, 4.69) is 4.72 Å². The van der Waals surface area contributed by atoms with Gasteiger partial charge in [0.05, 0.1) is 11.3 Å². The van der Waals surface area contributed by atoms with Crippen molar-refractivity contribution in [2.75, 3.05) is 0 Å². The highest BCUT2D eigenvalue weighted by atomic mass is 32.2. The zero-order valence-electron chi connectivity index (χ0n) is 11.4. The monoisotopic (exact) mass is 325 g/mol. The van der Waals surface area contributed by atoms with E-state index in [0.717, 1.165) is 9.75 Å². The predicted octanol–water partition coefficient (Wildman–Crippen LogP) is 2.16. The van der Waals surface area contributed by atoms with Crippen molar-refractivity contribution in [3.05, 3.63) is 51.7 Å². The molecule has 0 aliphatic carbocycles. The number of nitrogens with one attached hydrogen (secondary N) is 1. The topological polar surface area (TPSA) is 83.5 Å². The van der Waals surface area contributed by atoms with Crippen molar-refractivity contribution in [3.8, 4) is 0 Å². The minimum Gasteiger partial charge on any atom is -0.481 e. The third kappa shape index (κ3) is 4.38. The first-order chi connectivity index (χ1) is 9.87. The quantitative estimate of drug-likeness (QED) is 0.852. The van der Waals surface area contributed by atoms with Crippen molar-refractivity contribution < 1.29 is 18.3 Å². The summed E-state index contributed by atoms with van der Waals surface area (Å²) in [4.78, 5) is 12.8. The molecule has 1 aromatic carbocycles. The minimum absolute atomic E-state index is 0.123. The molecule has 0 aliphatic heterocycles. The number of hydrogen-bond donors (Lipinski definition) is 2. The van der Waals surface area contributed by atoms with Gasteiger partial charge < -0.3 is 5.11 Å². The van der Waals surface area contributed by atoms with Crippen LogP contribution in [0.15, 0.2) is 41.3 Å². The molecule has 2 N–H and O–H groups in total. The number of aryl methyl sites for hydroxylation is 1. The lowest BCUT2D eigenvalue weighted by Gasteiger charge is -2.06. The van der Waals surface area contributed by atoms with Crippen LogP contribution in [0.3, 0.4) is 0 Å². The molecular formula is C14H15NO4S2. The highest BCUT2D eigenvalue weighted by Crippen LogP contribution is 2.16. The second kappa shape index (κ2) is 6.38. The Labute approximate surface area is 127 Å². The summed E-state index contributed by atoms with van der Waals surface area (Å²) in [6.07, 6.45) is -0.123. The summed E-state index contributed by atoms with van der Waals surface area (Å²) >= 11 is 1.54. The van der Waals surface area contributed by atoms with E-state index in [9.17, 15) is 13.2 Å². The third-order valence-electron chi connectivity index (χ3n) is 2.82. The average Bonchev–Trinajstić information content (AvgIpc) is 2.82. The van der Waals surface area contributed by atoms with Crippen LogP contribution in [-0.4, -0.2) is 19.5 Å². The van der Waals surface area contributed by atoms with E-state index >= 15 is 0 Å². The summed E-state index contributed by atoms with van der Waals surface area (Å²) < 4.78 is 26.8. The number of rotatable bonds is 6. The fraction of sp³-hybridized carbons (Fsp3) is 0.214. The van der Waals surface area contributed by atoms with E-state index in [-0.39, 0.29) is 17.9 Å². The van der Waals surface area contributed by atoms with Gasteiger partial charge in [0.25, 0.3) is 0 Å². The van der Waals surface area contributed by atoms with Gasteiger partial charge in [-0.05, 0) is 36.8 Å². The highest BCUT2D eigenvalue weighted by molar-refractivity contribution is 7.89. The number of sulfonamides is 1. The van der Waals surface area contributed by atoms with Gasteiger partial charge in [0.15, 0.2) is 0 Å². The Balaban J connectivity index is 2.06. The van der Waals surface area contributed by atoms with Crippen LogP contribution in [0.25, 0.3) is 0 Å². The van der Waals surface area contributed by atoms with Gasteiger partial charge in [0.2, 0.25) is 10.0 Å². The van der Waals surface area contributed by atoms with Crippen LogP contribution in [-0.2, 0) is 27.8 Å². The Morgan fingerprint density at radius 3 is 2.38 bits per heavy atom. The Bertz CT molecular complexity index is 733. The highest BCUT2D eigenvalue weighted by Gasteiger charge is 2.14. The molecule has 2 aromatic rings. The van der Waals surface area contributed by atoms with E-state index in [0.29, 0.717) is 5.56 Å². The van der Waals surface area contributed by atoms with Crippen molar-refractivity contribution in [3.63, 3.8) is 0 Å². The third-order valence-corrected chi connectivity index (χ3v) is 5.24. The van der Waals surface area contributed by atoms with Crippen LogP contribution in [0.4, 0.5) is 0 Å². The van der Waals surface area contributed by atoms with Crippen molar-refractivity contribution >= 4 is 27.3 Å². The molecule has 0 fully saturated rings. The summed E-state index contributed by atoms with van der Waals surface area (Å²) in [7, 11) is -3.59. The van der Waals surface area contributed by atoms with Gasteiger partial charge in [-0.25, -0.2) is 13.1 Å². The van der Waals surface area contributed by atoms with Gasteiger partial charge in [-0.3, -0.25) is 4.79 Å². The molecule has 1 heterocycles. The number of carbonyl (C=O) groups is 1. The van der Waals surface area contributed by atoms with Crippen molar-refractivity contribution in [2.24, 2.45) is 0 Å². The first-order valence-corrected chi connectivity index (χ1v) is 8.52. The Kier molecular flexibility index (Phi) is 4.76. The van der Waals surface area contributed by atoms with Crippen molar-refractivity contribution in [1.82, 2.24) is 4.72 Å². The summed E-state index contributed by atoms with van der Waals surface area (Å²) in [5, 5.41) is 8.68. The van der Waals surface area contributed by atoms with Gasteiger partial charge in [0, 0.05) is 16.3 Å². The molecule has 0 radical (unpaired) electrons. The van der Waals surface area contributed by atoms with Crippen LogP contribution >= 0.6 is 11.3 Å². The molecule has 0 amide bonds. The fourth-order valence-electron chi connectivity index (χ4n) is 1.79. The molecule has 1 aromatic heterocycles. The number of carboxylic acids is 1. The maximum Gasteiger partial charge on any atom is 0.307 e. The van der Waals surface area contributed by atoms with Crippen LogP contribution in [0.5, 0.6) is 0 Å². The summed E-state index contributed by atoms with van der Waals surface area (Å²) in [6, 6.07) is 9.68. The first-order valence-electron chi connectivity index (χ1n) is 6.22. The molecule has 7 heteroatoms. The number of aliphatic carboxylic acids is 1. The molecule has 0 saturated heterocycles. The van der Waals surface area contributed by atoms with Gasteiger partial charge >= 0.3 is 5.97 Å². The van der Waals surface area contributed by atoms with Crippen LogP contribution in [0, 0.1) is 6.92 Å². The summed E-state index contributed by atoms with van der Waals surface area (Å²) in [6.45, 7) is 2.21. The van der Waals surface area contributed by atoms with Crippen molar-refractivity contribution in [2.45, 2.75) is 24.8 Å².